The van der Waals surface area contributed by atoms with Gasteiger partial charge >= 0.3 is 0 Å². The molecular weight excluding hydrogens is 276 g/mol. The van der Waals surface area contributed by atoms with Crippen molar-refractivity contribution in [1.29, 1.82) is 0 Å². The van der Waals surface area contributed by atoms with Gasteiger partial charge in [-0.15, -0.1) is 0 Å². The second-order valence-corrected chi connectivity index (χ2v) is 6.15. The number of amidine groups is 1. The first-order chi connectivity index (χ1) is 10.3. The zero-order valence-electron chi connectivity index (χ0n) is 13.5. The van der Waals surface area contributed by atoms with E-state index in [2.05, 4.69) is 50.0 Å². The molecule has 0 saturated heterocycles. The van der Waals surface area contributed by atoms with Crippen LogP contribution >= 0.6 is 11.8 Å². The summed E-state index contributed by atoms with van der Waals surface area (Å²) in [5.41, 5.74) is 2.52. The Hall–Kier alpha value is -1.06. The van der Waals surface area contributed by atoms with E-state index in [9.17, 15) is 0 Å². The number of nitrogens with two attached hydrogens (primary N) is 1. The molecule has 0 aliphatic heterocycles. The molecule has 2 nitrogen and oxygen atoms in total. The number of rotatable bonds is 9. The second kappa shape index (κ2) is 11.6. The summed E-state index contributed by atoms with van der Waals surface area (Å²) >= 11 is 1.86. The van der Waals surface area contributed by atoms with Crippen molar-refractivity contribution < 1.29 is 5.32 Å². The molecule has 0 atom stereocenters. The van der Waals surface area contributed by atoms with Gasteiger partial charge in [0.2, 0.25) is 0 Å². The highest BCUT2D eigenvalue weighted by Gasteiger charge is 2.05. The molecular formula is C18H29N2S+. The van der Waals surface area contributed by atoms with E-state index in [1.807, 2.05) is 17.8 Å². The number of benzene rings is 1. The number of aliphatic imine (C=N–C) groups is 1. The predicted molar refractivity (Wildman–Crippen MR) is 96.7 cm³/mol. The van der Waals surface area contributed by atoms with Crippen LogP contribution in [0.2, 0.25) is 0 Å². The lowest BCUT2D eigenvalue weighted by atomic mass is 10.1. The molecule has 0 heterocycles. The number of hydrogen-bond acceptors (Lipinski definition) is 2. The fraction of sp³-hybridized carbons (Fsp3) is 0.500. The molecule has 0 amide bonds. The molecule has 0 aliphatic rings. The third kappa shape index (κ3) is 8.08. The van der Waals surface area contributed by atoms with Crippen LogP contribution in [-0.2, 0) is 5.75 Å². The molecule has 0 aromatic heterocycles. The third-order valence-corrected chi connectivity index (χ3v) is 4.33. The average Bonchev–Trinajstić information content (AvgIpc) is 2.53. The van der Waals surface area contributed by atoms with E-state index in [4.69, 9.17) is 4.99 Å². The summed E-state index contributed by atoms with van der Waals surface area (Å²) in [6.45, 7) is 10.3. The monoisotopic (exact) mass is 305 g/mol. The van der Waals surface area contributed by atoms with Gasteiger partial charge in [-0.25, -0.2) is 4.99 Å². The summed E-state index contributed by atoms with van der Waals surface area (Å²) in [5.74, 6) is 0.991. The van der Waals surface area contributed by atoms with Crippen molar-refractivity contribution >= 4 is 23.0 Å². The van der Waals surface area contributed by atoms with E-state index >= 15 is 0 Å². The lowest BCUT2D eigenvalue weighted by Gasteiger charge is -2.05. The van der Waals surface area contributed by atoms with Crippen LogP contribution in [0.4, 0.5) is 0 Å². The quantitative estimate of drug-likeness (QED) is 0.416. The van der Waals surface area contributed by atoms with Crippen molar-refractivity contribution in [3.05, 3.63) is 42.0 Å². The van der Waals surface area contributed by atoms with Crippen LogP contribution < -0.4 is 5.32 Å². The van der Waals surface area contributed by atoms with Gasteiger partial charge in [-0.3, -0.25) is 5.32 Å². The van der Waals surface area contributed by atoms with Crippen molar-refractivity contribution in [2.24, 2.45) is 4.99 Å². The first-order valence-electron chi connectivity index (χ1n) is 8.02. The smallest absolute Gasteiger partial charge is 0.256 e. The van der Waals surface area contributed by atoms with Crippen LogP contribution in [0.15, 0.2) is 35.8 Å². The maximum atomic E-state index is 4.74. The summed E-state index contributed by atoms with van der Waals surface area (Å²) < 4.78 is 0. The Balaban J connectivity index is 2.49. The van der Waals surface area contributed by atoms with E-state index in [0.29, 0.717) is 0 Å². The Labute approximate surface area is 134 Å². The van der Waals surface area contributed by atoms with Crippen LogP contribution in [0.25, 0.3) is 6.08 Å². The molecule has 3 heteroatoms. The molecule has 1 aromatic rings. The first kappa shape index (κ1) is 18.0. The topological polar surface area (TPSA) is 29.0 Å². The molecule has 1 rings (SSSR count). The SMILES string of the molecule is C=Cc1ccc(CSC(=NCCCC)[NH2+]CCCC)cc1. The van der Waals surface area contributed by atoms with E-state index in [1.54, 1.807) is 0 Å². The summed E-state index contributed by atoms with van der Waals surface area (Å²) in [5, 5.41) is 3.52. The molecule has 21 heavy (non-hydrogen) atoms. The van der Waals surface area contributed by atoms with E-state index in [-0.39, 0.29) is 0 Å². The Morgan fingerprint density at radius 2 is 1.90 bits per heavy atom. The Bertz CT molecular complexity index is 423. The summed E-state index contributed by atoms with van der Waals surface area (Å²) in [6, 6.07) is 8.61. The van der Waals surface area contributed by atoms with Crippen LogP contribution in [0.3, 0.4) is 0 Å². The number of thioether (sulfide) groups is 1. The molecule has 0 spiro atoms. The maximum Gasteiger partial charge on any atom is 0.256 e. The van der Waals surface area contributed by atoms with E-state index < -0.39 is 0 Å². The zero-order valence-corrected chi connectivity index (χ0v) is 14.3. The van der Waals surface area contributed by atoms with Gasteiger partial charge < -0.3 is 0 Å². The molecule has 1 aromatic carbocycles. The van der Waals surface area contributed by atoms with Crippen LogP contribution in [0.5, 0.6) is 0 Å². The first-order valence-corrected chi connectivity index (χ1v) is 9.00. The van der Waals surface area contributed by atoms with Gasteiger partial charge in [-0.2, -0.15) is 0 Å². The summed E-state index contributed by atoms with van der Waals surface area (Å²) in [4.78, 5) is 4.74. The highest BCUT2D eigenvalue weighted by molar-refractivity contribution is 8.12. The molecule has 2 N–H and O–H groups in total. The predicted octanol–water partition coefficient (Wildman–Crippen LogP) is 4.08. The summed E-state index contributed by atoms with van der Waals surface area (Å²) in [6.07, 6.45) is 6.76. The van der Waals surface area contributed by atoms with Crippen molar-refractivity contribution in [3.8, 4) is 0 Å². The normalized spacial score (nSPS) is 11.6. The minimum Gasteiger partial charge on any atom is -0.292 e. The van der Waals surface area contributed by atoms with Gasteiger partial charge in [0, 0.05) is 12.3 Å². The highest BCUT2D eigenvalue weighted by atomic mass is 32.2. The molecule has 0 unspecified atom stereocenters. The average molecular weight is 306 g/mol. The van der Waals surface area contributed by atoms with Crippen molar-refractivity contribution in [1.82, 2.24) is 0 Å². The molecule has 0 aliphatic carbocycles. The Morgan fingerprint density at radius 1 is 1.19 bits per heavy atom. The second-order valence-electron chi connectivity index (χ2n) is 5.15. The van der Waals surface area contributed by atoms with Crippen molar-refractivity contribution in [3.63, 3.8) is 0 Å². The third-order valence-electron chi connectivity index (χ3n) is 3.26. The van der Waals surface area contributed by atoms with Gasteiger partial charge in [0.1, 0.15) is 0 Å². The molecule has 0 saturated carbocycles. The van der Waals surface area contributed by atoms with Gasteiger partial charge in [-0.05, 0) is 35.7 Å². The van der Waals surface area contributed by atoms with Crippen LogP contribution in [0.1, 0.15) is 50.7 Å². The highest BCUT2D eigenvalue weighted by Crippen LogP contribution is 2.13. The molecule has 0 radical (unpaired) electrons. The Kier molecular flexibility index (Phi) is 9.92. The van der Waals surface area contributed by atoms with Crippen molar-refractivity contribution in [2.75, 3.05) is 13.1 Å². The van der Waals surface area contributed by atoms with Crippen molar-refractivity contribution in [2.45, 2.75) is 45.3 Å². The lowest BCUT2D eigenvalue weighted by Crippen LogP contribution is -2.87. The minimum atomic E-state index is 0.955. The molecule has 116 valence electrons. The lowest BCUT2D eigenvalue weighted by molar-refractivity contribution is -0.534. The minimum absolute atomic E-state index is 0.955. The summed E-state index contributed by atoms with van der Waals surface area (Å²) in [7, 11) is 0. The van der Waals surface area contributed by atoms with E-state index in [1.165, 1.54) is 42.0 Å². The standard InChI is InChI=1S/C18H28N2S/c1-4-7-13-19-18(20-14-8-5-2)21-15-17-11-9-16(6-3)10-12-17/h6,9-12H,3-5,7-8,13-15H2,1-2H3,(H,19,20)/p+1. The maximum absolute atomic E-state index is 4.74. The molecule has 0 bridgehead atoms. The number of nitrogens with zero attached hydrogens (tertiary/aromatic N) is 1. The zero-order chi connectivity index (χ0) is 15.3. The number of hydrogen-bond donors (Lipinski definition) is 1. The molecule has 0 fully saturated rings. The van der Waals surface area contributed by atoms with Crippen LogP contribution in [0, 0.1) is 0 Å². The van der Waals surface area contributed by atoms with Gasteiger partial charge in [0.05, 0.1) is 6.54 Å². The van der Waals surface area contributed by atoms with Gasteiger partial charge in [0.15, 0.2) is 0 Å². The largest absolute Gasteiger partial charge is 0.292 e. The number of quaternary nitrogens is 1. The fourth-order valence-electron chi connectivity index (χ4n) is 1.85. The van der Waals surface area contributed by atoms with E-state index in [0.717, 1.165) is 18.8 Å². The van der Waals surface area contributed by atoms with Gasteiger partial charge in [0.25, 0.3) is 5.17 Å². The number of unbranched alkanes of at least 4 members (excludes halogenated alkanes) is 2. The Morgan fingerprint density at radius 3 is 2.52 bits per heavy atom. The van der Waals surface area contributed by atoms with Gasteiger partial charge in [-0.1, -0.05) is 63.6 Å². The fourth-order valence-corrected chi connectivity index (χ4v) is 2.78. The van der Waals surface area contributed by atoms with Crippen LogP contribution in [-0.4, -0.2) is 18.3 Å².